The van der Waals surface area contributed by atoms with Crippen LogP contribution in [0.5, 0.6) is 0 Å². The molecule has 2 aromatic carbocycles. The van der Waals surface area contributed by atoms with E-state index in [1.165, 1.54) is 31.2 Å². The molecule has 1 unspecified atom stereocenters. The van der Waals surface area contributed by atoms with E-state index in [0.717, 1.165) is 23.5 Å². The minimum absolute atomic E-state index is 0.283. The monoisotopic (exact) mass is 408 g/mol. The fourth-order valence-electron chi connectivity index (χ4n) is 3.17. The van der Waals surface area contributed by atoms with Crippen molar-refractivity contribution >= 4 is 90.1 Å². The first-order valence-corrected chi connectivity index (χ1v) is 12.4. The van der Waals surface area contributed by atoms with Gasteiger partial charge in [0.25, 0.3) is 0 Å². The molecule has 2 aromatic rings. The molecule has 7 heteroatoms. The first-order valence-electron chi connectivity index (χ1n) is 10.2. The van der Waals surface area contributed by atoms with Crippen LogP contribution in [0.2, 0.25) is 0 Å². The third kappa shape index (κ3) is 7.58. The van der Waals surface area contributed by atoms with E-state index in [-0.39, 0.29) is 5.46 Å². The van der Waals surface area contributed by atoms with E-state index in [9.17, 15) is 0 Å². The van der Waals surface area contributed by atoms with Gasteiger partial charge in [0.2, 0.25) is 0 Å². The summed E-state index contributed by atoms with van der Waals surface area (Å²) in [6.45, 7) is 2.24. The Kier molecular flexibility index (Phi) is 11.1. The molecule has 0 saturated carbocycles. The minimum atomic E-state index is 0.283. The Morgan fingerprint density at radius 1 is 0.759 bits per heavy atom. The van der Waals surface area contributed by atoms with Gasteiger partial charge in [-0.3, -0.25) is 0 Å². The Balaban J connectivity index is 1.94. The SMILES string of the molecule is [B]c1c([B])c([B])c(CSC(CCCCC)CCSCc2ccccc2)c([B])c1[B]. The van der Waals surface area contributed by atoms with Gasteiger partial charge in [0, 0.05) is 16.8 Å². The van der Waals surface area contributed by atoms with Gasteiger partial charge in [-0.05, 0) is 24.2 Å². The molecule has 29 heavy (non-hydrogen) atoms. The molecule has 0 amide bonds. The smallest absolute Gasteiger partial charge is 0.113 e. The molecule has 140 valence electrons. The molecule has 0 fully saturated rings. The van der Waals surface area contributed by atoms with Crippen molar-refractivity contribution in [3.8, 4) is 0 Å². The van der Waals surface area contributed by atoms with E-state index < -0.39 is 0 Å². The summed E-state index contributed by atoms with van der Waals surface area (Å²) < 4.78 is 0. The van der Waals surface area contributed by atoms with Crippen LogP contribution in [0.3, 0.4) is 0 Å². The molecule has 0 bridgehead atoms. The molecule has 0 heterocycles. The van der Waals surface area contributed by atoms with E-state index in [0.29, 0.717) is 32.9 Å². The molecular formula is C22H25B5S2. The molecule has 0 nitrogen and oxygen atoms in total. The fourth-order valence-corrected chi connectivity index (χ4v) is 5.68. The highest BCUT2D eigenvalue weighted by Crippen LogP contribution is 2.26. The van der Waals surface area contributed by atoms with Crippen molar-refractivity contribution in [3.63, 3.8) is 0 Å². The van der Waals surface area contributed by atoms with E-state index in [2.05, 4.69) is 37.3 Å². The number of rotatable bonds is 12. The topological polar surface area (TPSA) is 0 Å². The van der Waals surface area contributed by atoms with Crippen LogP contribution in [0.15, 0.2) is 30.3 Å². The lowest BCUT2D eigenvalue weighted by atomic mass is 9.61. The number of thioether (sulfide) groups is 2. The standard InChI is InChI=1S/C22H25B5S2/c1-2-3-5-10-16(11-12-28-13-15-8-6-4-7-9-15)29-14-17-18(23)20(25)22(27)21(26)19(17)24/h4,6-9,16H,2-3,5,10-14H2,1H3. The van der Waals surface area contributed by atoms with Crippen LogP contribution in [0, 0.1) is 0 Å². The van der Waals surface area contributed by atoms with Gasteiger partial charge in [0.1, 0.15) is 39.2 Å². The maximum absolute atomic E-state index is 6.19. The third-order valence-corrected chi connectivity index (χ3v) is 7.56. The van der Waals surface area contributed by atoms with Crippen LogP contribution in [-0.4, -0.2) is 50.2 Å². The molecule has 0 spiro atoms. The quantitative estimate of drug-likeness (QED) is 0.383. The van der Waals surface area contributed by atoms with Crippen molar-refractivity contribution in [2.45, 2.75) is 55.8 Å². The summed E-state index contributed by atoms with van der Waals surface area (Å²) >= 11 is 3.89. The van der Waals surface area contributed by atoms with Gasteiger partial charge >= 0.3 is 0 Å². The predicted molar refractivity (Wildman–Crippen MR) is 140 cm³/mol. The zero-order chi connectivity index (χ0) is 21.2. The maximum atomic E-state index is 6.19. The Morgan fingerprint density at radius 2 is 1.38 bits per heavy atom. The molecule has 0 saturated heterocycles. The van der Waals surface area contributed by atoms with Gasteiger partial charge in [-0.2, -0.15) is 23.5 Å². The van der Waals surface area contributed by atoms with Gasteiger partial charge in [0.05, 0.1) is 0 Å². The molecule has 10 radical (unpaired) electrons. The largest absolute Gasteiger partial charge is 0.157 e. The molecule has 0 aliphatic carbocycles. The second-order valence-corrected chi connectivity index (χ2v) is 9.70. The average Bonchev–Trinajstić information content (AvgIpc) is 2.74. The number of unbranched alkanes of at least 4 members (excludes halogenated alkanes) is 2. The summed E-state index contributed by atoms with van der Waals surface area (Å²) in [6, 6.07) is 10.6. The summed E-state index contributed by atoms with van der Waals surface area (Å²) in [5.41, 5.74) is 4.09. The summed E-state index contributed by atoms with van der Waals surface area (Å²) in [4.78, 5) is 0. The van der Waals surface area contributed by atoms with E-state index in [1.807, 2.05) is 23.5 Å². The number of hydrogen-bond acceptors (Lipinski definition) is 2. The number of hydrogen-bond donors (Lipinski definition) is 0. The molecule has 0 N–H and O–H groups in total. The van der Waals surface area contributed by atoms with E-state index in [4.69, 9.17) is 39.2 Å². The van der Waals surface area contributed by atoms with Crippen molar-refractivity contribution < 1.29 is 0 Å². The number of benzene rings is 2. The van der Waals surface area contributed by atoms with Crippen molar-refractivity contribution in [1.29, 1.82) is 0 Å². The van der Waals surface area contributed by atoms with Crippen LogP contribution in [0.1, 0.15) is 50.2 Å². The van der Waals surface area contributed by atoms with Crippen LogP contribution < -0.4 is 27.3 Å². The first-order chi connectivity index (χ1) is 14.0. The molecule has 0 aromatic heterocycles. The predicted octanol–water partition coefficient (Wildman–Crippen LogP) is 1.16. The normalized spacial score (nSPS) is 12.2. The second-order valence-electron chi connectivity index (χ2n) is 7.30. The molecular weight excluding hydrogens is 382 g/mol. The molecule has 1 atom stereocenters. The molecule has 0 aliphatic heterocycles. The minimum Gasteiger partial charge on any atom is -0.157 e. The van der Waals surface area contributed by atoms with Crippen LogP contribution in [-0.2, 0) is 11.5 Å². The zero-order valence-corrected chi connectivity index (χ0v) is 19.0. The van der Waals surface area contributed by atoms with Gasteiger partial charge < -0.3 is 0 Å². The van der Waals surface area contributed by atoms with E-state index in [1.54, 1.807) is 0 Å². The first kappa shape index (κ1) is 24.7. The maximum Gasteiger partial charge on any atom is 0.113 e. The lowest BCUT2D eigenvalue weighted by molar-refractivity contribution is 0.637. The summed E-state index contributed by atoms with van der Waals surface area (Å²) in [6.07, 6.45) is 6.09. The Morgan fingerprint density at radius 3 is 2.00 bits per heavy atom. The second kappa shape index (κ2) is 13.0. The zero-order valence-electron chi connectivity index (χ0n) is 17.3. The van der Waals surface area contributed by atoms with E-state index >= 15 is 0 Å². The fraction of sp³-hybridized carbons (Fsp3) is 0.455. The molecule has 2 rings (SSSR count). The van der Waals surface area contributed by atoms with Crippen LogP contribution in [0.25, 0.3) is 0 Å². The Hall–Kier alpha value is -0.535. The van der Waals surface area contributed by atoms with Gasteiger partial charge in [-0.1, -0.05) is 62.1 Å². The van der Waals surface area contributed by atoms with Crippen molar-refractivity contribution in [3.05, 3.63) is 41.5 Å². The Bertz CT molecular complexity index is 739. The van der Waals surface area contributed by atoms with Crippen molar-refractivity contribution in [2.24, 2.45) is 0 Å². The lowest BCUT2D eigenvalue weighted by Crippen LogP contribution is -2.56. The van der Waals surface area contributed by atoms with Gasteiger partial charge in [0.15, 0.2) is 0 Å². The highest BCUT2D eigenvalue weighted by atomic mass is 32.2. The Labute approximate surface area is 192 Å². The summed E-state index contributed by atoms with van der Waals surface area (Å²) in [5, 5.41) is 0.559. The van der Waals surface area contributed by atoms with Crippen LogP contribution in [0.4, 0.5) is 0 Å². The molecule has 0 aliphatic rings. The van der Waals surface area contributed by atoms with Crippen molar-refractivity contribution in [1.82, 2.24) is 0 Å². The highest BCUT2D eigenvalue weighted by Gasteiger charge is 2.14. The van der Waals surface area contributed by atoms with Gasteiger partial charge in [-0.25, -0.2) is 0 Å². The summed E-state index contributed by atoms with van der Waals surface area (Å²) in [5.74, 6) is 2.89. The highest BCUT2D eigenvalue weighted by molar-refractivity contribution is 7.99. The van der Waals surface area contributed by atoms with Crippen molar-refractivity contribution in [2.75, 3.05) is 5.75 Å². The summed E-state index contributed by atoms with van der Waals surface area (Å²) in [7, 11) is 30.3. The lowest BCUT2D eigenvalue weighted by Gasteiger charge is -2.23. The van der Waals surface area contributed by atoms with Gasteiger partial charge in [-0.15, -0.1) is 27.3 Å². The third-order valence-electron chi connectivity index (χ3n) is 5.10. The average molecular weight is 408 g/mol. The van der Waals surface area contributed by atoms with Crippen LogP contribution >= 0.6 is 23.5 Å².